The van der Waals surface area contributed by atoms with Crippen LogP contribution in [0.2, 0.25) is 0 Å². The minimum absolute atomic E-state index is 0.0858. The van der Waals surface area contributed by atoms with Gasteiger partial charge in [0.2, 0.25) is 0 Å². The number of amides is 1. The number of nitrogens with two attached hydrogens (primary N) is 1. The van der Waals surface area contributed by atoms with Crippen LogP contribution in [0.15, 0.2) is 28.7 Å². The molecule has 3 rings (SSSR count). The Hall–Kier alpha value is -1.73. The van der Waals surface area contributed by atoms with E-state index in [4.69, 9.17) is 5.73 Å². The lowest BCUT2D eigenvalue weighted by Crippen LogP contribution is -2.38. The molecule has 1 aliphatic carbocycles. The zero-order chi connectivity index (χ0) is 15.7. The van der Waals surface area contributed by atoms with Crippen LogP contribution >= 0.6 is 15.9 Å². The van der Waals surface area contributed by atoms with Gasteiger partial charge < -0.3 is 11.1 Å². The van der Waals surface area contributed by atoms with E-state index in [0.717, 1.165) is 28.7 Å². The van der Waals surface area contributed by atoms with Crippen LogP contribution < -0.4 is 11.1 Å². The molecule has 1 heterocycles. The highest BCUT2D eigenvalue weighted by molar-refractivity contribution is 9.10. The third-order valence-electron chi connectivity index (χ3n) is 3.69. The largest absolute Gasteiger partial charge is 0.347 e. The van der Waals surface area contributed by atoms with Crippen molar-refractivity contribution in [3.05, 3.63) is 40.1 Å². The molecule has 0 aliphatic heterocycles. The molecule has 2 aromatic rings. The van der Waals surface area contributed by atoms with Crippen molar-refractivity contribution in [3.8, 4) is 5.69 Å². The zero-order valence-corrected chi connectivity index (χ0v) is 13.9. The maximum atomic E-state index is 12.4. The number of rotatable bonds is 5. The molecule has 3 N–H and O–H groups in total. The molecule has 7 heteroatoms. The molecule has 0 bridgehead atoms. The topological polar surface area (TPSA) is 85.8 Å². The van der Waals surface area contributed by atoms with E-state index in [-0.39, 0.29) is 11.9 Å². The first-order valence-electron chi connectivity index (χ1n) is 7.32. The number of carbonyl (C=O) groups is 1. The lowest BCUT2D eigenvalue weighted by molar-refractivity contribution is 0.0935. The first kappa shape index (κ1) is 15.2. The third-order valence-corrected chi connectivity index (χ3v) is 4.22. The quantitative estimate of drug-likeness (QED) is 0.850. The van der Waals surface area contributed by atoms with Crippen LogP contribution in [-0.2, 0) is 0 Å². The zero-order valence-electron chi connectivity index (χ0n) is 12.3. The maximum absolute atomic E-state index is 12.4. The smallest absolute Gasteiger partial charge is 0.274 e. The van der Waals surface area contributed by atoms with E-state index in [9.17, 15) is 4.79 Å². The molecule has 1 aliphatic rings. The molecule has 22 heavy (non-hydrogen) atoms. The van der Waals surface area contributed by atoms with Gasteiger partial charge in [0.05, 0.1) is 11.4 Å². The van der Waals surface area contributed by atoms with Gasteiger partial charge in [0.15, 0.2) is 5.69 Å². The summed E-state index contributed by atoms with van der Waals surface area (Å²) < 4.78 is 2.77. The van der Waals surface area contributed by atoms with E-state index in [1.165, 1.54) is 0 Å². The van der Waals surface area contributed by atoms with E-state index in [2.05, 4.69) is 31.6 Å². The molecule has 1 atom stereocenters. The second kappa shape index (κ2) is 6.18. The van der Waals surface area contributed by atoms with Crippen molar-refractivity contribution in [3.63, 3.8) is 0 Å². The van der Waals surface area contributed by atoms with Crippen LogP contribution in [-0.4, -0.2) is 33.5 Å². The molecule has 0 spiro atoms. The molecule has 116 valence electrons. The molecule has 1 aromatic heterocycles. The fourth-order valence-electron chi connectivity index (χ4n) is 2.30. The predicted octanol–water partition coefficient (Wildman–Crippen LogP) is 1.98. The van der Waals surface area contributed by atoms with Crippen molar-refractivity contribution in [2.24, 2.45) is 5.73 Å². The molecular formula is C15H18BrN5O. The minimum Gasteiger partial charge on any atom is -0.347 e. The van der Waals surface area contributed by atoms with Gasteiger partial charge in [0, 0.05) is 23.0 Å². The average molecular weight is 364 g/mol. The minimum atomic E-state index is -0.205. The van der Waals surface area contributed by atoms with Crippen molar-refractivity contribution in [1.29, 1.82) is 0 Å². The van der Waals surface area contributed by atoms with Gasteiger partial charge in [-0.15, -0.1) is 5.10 Å². The average Bonchev–Trinajstić information content (AvgIpc) is 3.26. The highest BCUT2D eigenvalue weighted by Crippen LogP contribution is 2.42. The van der Waals surface area contributed by atoms with Crippen LogP contribution in [0, 0.1) is 0 Å². The van der Waals surface area contributed by atoms with Crippen LogP contribution in [0.3, 0.4) is 0 Å². The van der Waals surface area contributed by atoms with E-state index in [0.29, 0.717) is 18.2 Å². The van der Waals surface area contributed by atoms with Gasteiger partial charge in [0.25, 0.3) is 5.91 Å². The summed E-state index contributed by atoms with van der Waals surface area (Å²) in [6, 6.07) is 7.72. The van der Waals surface area contributed by atoms with Crippen molar-refractivity contribution in [2.45, 2.75) is 31.7 Å². The number of benzene rings is 1. The molecule has 1 saturated carbocycles. The van der Waals surface area contributed by atoms with E-state index in [1.807, 2.05) is 31.2 Å². The first-order valence-corrected chi connectivity index (χ1v) is 8.12. The fourth-order valence-corrected chi connectivity index (χ4v) is 2.56. The summed E-state index contributed by atoms with van der Waals surface area (Å²) >= 11 is 3.42. The molecule has 1 aromatic carbocycles. The number of halogens is 1. The van der Waals surface area contributed by atoms with E-state index >= 15 is 0 Å². The molecule has 0 unspecified atom stereocenters. The summed E-state index contributed by atoms with van der Waals surface area (Å²) in [5, 5.41) is 11.2. The van der Waals surface area contributed by atoms with Crippen molar-refractivity contribution in [1.82, 2.24) is 20.3 Å². The van der Waals surface area contributed by atoms with E-state index in [1.54, 1.807) is 4.68 Å². The number of hydrogen-bond donors (Lipinski definition) is 2. The lowest BCUT2D eigenvalue weighted by Gasteiger charge is -2.11. The van der Waals surface area contributed by atoms with Gasteiger partial charge in [-0.25, -0.2) is 4.68 Å². The van der Waals surface area contributed by atoms with Gasteiger partial charge in [-0.2, -0.15) is 0 Å². The van der Waals surface area contributed by atoms with Gasteiger partial charge in [-0.3, -0.25) is 4.79 Å². The molecule has 0 saturated heterocycles. The van der Waals surface area contributed by atoms with Crippen molar-refractivity contribution < 1.29 is 4.79 Å². The fraction of sp³-hybridized carbons (Fsp3) is 0.400. The Morgan fingerprint density at radius 2 is 2.14 bits per heavy atom. The Morgan fingerprint density at radius 3 is 2.73 bits per heavy atom. The Labute approximate surface area is 137 Å². The summed E-state index contributed by atoms with van der Waals surface area (Å²) in [6.07, 6.45) is 2.13. The molecule has 0 radical (unpaired) electrons. The van der Waals surface area contributed by atoms with Gasteiger partial charge in [-0.1, -0.05) is 21.1 Å². The second-order valence-electron chi connectivity index (χ2n) is 5.60. The standard InChI is InChI=1S/C15H18BrN5O/c1-9(8-17)18-15(22)13-14(10-2-3-10)21(20-19-13)12-6-4-11(16)5-7-12/h4-7,9-10H,2-3,8,17H2,1H3,(H,18,22)/t9-/m0/s1. The monoisotopic (exact) mass is 363 g/mol. The Kier molecular flexibility index (Phi) is 4.26. The van der Waals surface area contributed by atoms with Crippen molar-refractivity contribution in [2.75, 3.05) is 6.54 Å². The number of nitrogens with zero attached hydrogens (tertiary/aromatic N) is 3. The Bertz CT molecular complexity index is 678. The molecule has 1 amide bonds. The molecular weight excluding hydrogens is 346 g/mol. The number of aromatic nitrogens is 3. The molecule has 1 fully saturated rings. The van der Waals surface area contributed by atoms with Gasteiger partial charge in [0.1, 0.15) is 0 Å². The SMILES string of the molecule is C[C@@H](CN)NC(=O)c1nnn(-c2ccc(Br)cc2)c1C1CC1. The van der Waals surface area contributed by atoms with Crippen LogP contribution in [0.4, 0.5) is 0 Å². The summed E-state index contributed by atoms with van der Waals surface area (Å²) in [4.78, 5) is 12.4. The van der Waals surface area contributed by atoms with Crippen LogP contribution in [0.5, 0.6) is 0 Å². The second-order valence-corrected chi connectivity index (χ2v) is 6.51. The predicted molar refractivity (Wildman–Crippen MR) is 87.0 cm³/mol. The summed E-state index contributed by atoms with van der Waals surface area (Å²) in [6.45, 7) is 2.26. The van der Waals surface area contributed by atoms with Crippen LogP contribution in [0.1, 0.15) is 41.9 Å². The number of carbonyl (C=O) groups excluding carboxylic acids is 1. The number of hydrogen-bond acceptors (Lipinski definition) is 4. The van der Waals surface area contributed by atoms with Crippen molar-refractivity contribution >= 4 is 21.8 Å². The lowest BCUT2D eigenvalue weighted by atomic mass is 10.2. The highest BCUT2D eigenvalue weighted by Gasteiger charge is 2.34. The Balaban J connectivity index is 1.95. The highest BCUT2D eigenvalue weighted by atomic mass is 79.9. The third kappa shape index (κ3) is 3.05. The van der Waals surface area contributed by atoms with Crippen LogP contribution in [0.25, 0.3) is 5.69 Å². The first-order chi connectivity index (χ1) is 10.6. The van der Waals surface area contributed by atoms with Gasteiger partial charge >= 0.3 is 0 Å². The normalized spacial score (nSPS) is 15.6. The number of nitrogens with one attached hydrogen (secondary N) is 1. The Morgan fingerprint density at radius 1 is 1.45 bits per heavy atom. The van der Waals surface area contributed by atoms with Gasteiger partial charge in [-0.05, 0) is 44.0 Å². The van der Waals surface area contributed by atoms with E-state index < -0.39 is 0 Å². The summed E-state index contributed by atoms with van der Waals surface area (Å²) in [5.74, 6) is 0.149. The summed E-state index contributed by atoms with van der Waals surface area (Å²) in [5.41, 5.74) is 7.77. The summed E-state index contributed by atoms with van der Waals surface area (Å²) in [7, 11) is 0. The maximum Gasteiger partial charge on any atom is 0.274 e. The molecule has 6 nitrogen and oxygen atoms in total.